The molecule has 0 radical (unpaired) electrons. The fourth-order valence-electron chi connectivity index (χ4n) is 2.74. The Hall–Kier alpha value is -2.75. The van der Waals surface area contributed by atoms with Crippen LogP contribution in [0.2, 0.25) is 5.02 Å². The average molecular weight is 470 g/mol. The van der Waals surface area contributed by atoms with E-state index in [0.717, 1.165) is 12.1 Å². The molecule has 3 rings (SSSR count). The van der Waals surface area contributed by atoms with Crippen LogP contribution in [0.25, 0.3) is 10.9 Å². The third-order valence-electron chi connectivity index (χ3n) is 4.29. The molecule has 1 heterocycles. The number of hydrogen-bond donors (Lipinski definition) is 4. The van der Waals surface area contributed by atoms with Crippen molar-refractivity contribution in [2.24, 2.45) is 0 Å². The van der Waals surface area contributed by atoms with Crippen molar-refractivity contribution in [2.45, 2.75) is 11.8 Å². The first-order valence-corrected chi connectivity index (χ1v) is 11.3. The van der Waals surface area contributed by atoms with Crippen LogP contribution in [-0.2, 0) is 14.6 Å². The molecule has 0 aliphatic carbocycles. The molecule has 158 valence electrons. The Morgan fingerprint density at radius 3 is 2.40 bits per heavy atom. The summed E-state index contributed by atoms with van der Waals surface area (Å²) in [7, 11) is -3.70. The first-order chi connectivity index (χ1) is 14.1. The van der Waals surface area contributed by atoms with Gasteiger partial charge in [0.2, 0.25) is 5.91 Å². The highest BCUT2D eigenvalue weighted by Crippen LogP contribution is 2.36. The summed E-state index contributed by atoms with van der Waals surface area (Å²) in [5, 5.41) is 16.5. The predicted octanol–water partition coefficient (Wildman–Crippen LogP) is 3.75. The van der Waals surface area contributed by atoms with Gasteiger partial charge in [0.15, 0.2) is 15.6 Å². The molecule has 0 bridgehead atoms. The van der Waals surface area contributed by atoms with Crippen molar-refractivity contribution < 1.29 is 23.1 Å². The molecule has 2 amide bonds. The number of carbonyl (C=O) groups is 2. The minimum atomic E-state index is -3.70. The maximum Gasteiger partial charge on any atom is 0.272 e. The largest absolute Gasteiger partial charge is 0.504 e. The lowest BCUT2D eigenvalue weighted by Crippen LogP contribution is -2.16. The number of amides is 2. The molecule has 0 fully saturated rings. The molecule has 0 unspecified atom stereocenters. The van der Waals surface area contributed by atoms with Crippen LogP contribution in [0, 0.1) is 0 Å². The number of halogens is 2. The van der Waals surface area contributed by atoms with Crippen molar-refractivity contribution in [3.05, 3.63) is 47.1 Å². The number of aromatic hydroxyl groups is 1. The van der Waals surface area contributed by atoms with Gasteiger partial charge in [-0.15, -0.1) is 11.6 Å². The SMILES string of the molecule is CCS(=O)(=O)c1cc(NC(=O)CCl)c(O)c(NC(=O)c2cc3cc(Cl)ccc3[nH]2)c1. The Bertz CT molecular complexity index is 1250. The van der Waals surface area contributed by atoms with Gasteiger partial charge in [0.05, 0.1) is 22.0 Å². The summed E-state index contributed by atoms with van der Waals surface area (Å²) in [6.07, 6.45) is 0. The number of phenolic OH excluding ortho intramolecular Hbond substituents is 1. The van der Waals surface area contributed by atoms with E-state index in [2.05, 4.69) is 15.6 Å². The number of nitrogens with one attached hydrogen (secondary N) is 3. The van der Waals surface area contributed by atoms with Gasteiger partial charge in [-0.3, -0.25) is 9.59 Å². The van der Waals surface area contributed by atoms with Crippen molar-refractivity contribution in [3.63, 3.8) is 0 Å². The zero-order valence-corrected chi connectivity index (χ0v) is 18.0. The maximum atomic E-state index is 12.7. The molecule has 0 spiro atoms. The summed E-state index contributed by atoms with van der Waals surface area (Å²) >= 11 is 11.4. The van der Waals surface area contributed by atoms with E-state index in [1.807, 2.05) is 0 Å². The fraction of sp³-hybridized carbons (Fsp3) is 0.158. The van der Waals surface area contributed by atoms with Gasteiger partial charge in [0.1, 0.15) is 11.6 Å². The van der Waals surface area contributed by atoms with Crippen LogP contribution in [-0.4, -0.2) is 42.0 Å². The van der Waals surface area contributed by atoms with Gasteiger partial charge in [-0.05, 0) is 36.4 Å². The average Bonchev–Trinajstić information content (AvgIpc) is 3.13. The number of anilines is 2. The first-order valence-electron chi connectivity index (χ1n) is 8.69. The van der Waals surface area contributed by atoms with Crippen LogP contribution in [0.4, 0.5) is 11.4 Å². The first kappa shape index (κ1) is 21.9. The molecule has 0 aliphatic rings. The highest BCUT2D eigenvalue weighted by Gasteiger charge is 2.21. The van der Waals surface area contributed by atoms with E-state index >= 15 is 0 Å². The normalized spacial score (nSPS) is 11.4. The molecule has 0 aliphatic heterocycles. The van der Waals surface area contributed by atoms with Crippen LogP contribution in [0.3, 0.4) is 0 Å². The van der Waals surface area contributed by atoms with Gasteiger partial charge < -0.3 is 20.7 Å². The monoisotopic (exact) mass is 469 g/mol. The van der Waals surface area contributed by atoms with Crippen LogP contribution < -0.4 is 10.6 Å². The van der Waals surface area contributed by atoms with E-state index in [0.29, 0.717) is 15.9 Å². The van der Waals surface area contributed by atoms with Crippen molar-refractivity contribution >= 4 is 67.1 Å². The quantitative estimate of drug-likeness (QED) is 0.322. The number of carbonyl (C=O) groups excluding carboxylic acids is 2. The van der Waals surface area contributed by atoms with Crippen molar-refractivity contribution in [3.8, 4) is 5.75 Å². The smallest absolute Gasteiger partial charge is 0.272 e. The van der Waals surface area contributed by atoms with E-state index in [9.17, 15) is 23.1 Å². The minimum absolute atomic E-state index is 0.168. The number of H-pyrrole nitrogens is 1. The van der Waals surface area contributed by atoms with Crippen LogP contribution in [0.15, 0.2) is 41.3 Å². The van der Waals surface area contributed by atoms with E-state index in [-0.39, 0.29) is 27.7 Å². The number of benzene rings is 2. The van der Waals surface area contributed by atoms with E-state index < -0.39 is 33.3 Å². The molecule has 0 saturated heterocycles. The Balaban J connectivity index is 2.02. The predicted molar refractivity (Wildman–Crippen MR) is 116 cm³/mol. The fourth-order valence-corrected chi connectivity index (χ4v) is 3.92. The molecule has 30 heavy (non-hydrogen) atoms. The molecule has 8 nitrogen and oxygen atoms in total. The van der Waals surface area contributed by atoms with E-state index in [1.165, 1.54) is 6.92 Å². The molecule has 1 aromatic heterocycles. The third-order valence-corrected chi connectivity index (χ3v) is 6.49. The molecule has 11 heteroatoms. The summed E-state index contributed by atoms with van der Waals surface area (Å²) in [6.45, 7) is 1.45. The molecular formula is C19H17Cl2N3O5S. The number of hydrogen-bond acceptors (Lipinski definition) is 5. The number of alkyl halides is 1. The van der Waals surface area contributed by atoms with Crippen molar-refractivity contribution in [1.82, 2.24) is 4.98 Å². The Morgan fingerprint density at radius 2 is 1.77 bits per heavy atom. The molecule has 0 saturated carbocycles. The summed E-state index contributed by atoms with van der Waals surface area (Å²) in [6, 6.07) is 8.85. The molecule has 4 N–H and O–H groups in total. The number of rotatable bonds is 6. The van der Waals surface area contributed by atoms with Crippen LogP contribution in [0.1, 0.15) is 17.4 Å². The topological polar surface area (TPSA) is 128 Å². The summed E-state index contributed by atoms with van der Waals surface area (Å²) in [4.78, 5) is 27.1. The maximum absolute atomic E-state index is 12.7. The van der Waals surface area contributed by atoms with Crippen LogP contribution in [0.5, 0.6) is 5.75 Å². The molecule has 3 aromatic rings. The zero-order chi connectivity index (χ0) is 22.1. The lowest BCUT2D eigenvalue weighted by atomic mass is 10.2. The van der Waals surface area contributed by atoms with Crippen molar-refractivity contribution in [1.29, 1.82) is 0 Å². The molecule has 0 atom stereocenters. The number of sulfone groups is 1. The van der Waals surface area contributed by atoms with E-state index in [4.69, 9.17) is 23.2 Å². The number of phenols is 1. The summed E-state index contributed by atoms with van der Waals surface area (Å²) in [5.74, 6) is -2.39. The molecule has 2 aromatic carbocycles. The van der Waals surface area contributed by atoms with Gasteiger partial charge >= 0.3 is 0 Å². The summed E-state index contributed by atoms with van der Waals surface area (Å²) in [5.41, 5.74) is 0.470. The Kier molecular flexibility index (Phi) is 6.25. The van der Waals surface area contributed by atoms with Gasteiger partial charge in [-0.2, -0.15) is 0 Å². The second kappa shape index (κ2) is 8.55. The lowest BCUT2D eigenvalue weighted by molar-refractivity contribution is -0.113. The van der Waals surface area contributed by atoms with Gasteiger partial charge in [-0.25, -0.2) is 8.42 Å². The number of aromatic amines is 1. The Morgan fingerprint density at radius 1 is 1.10 bits per heavy atom. The highest BCUT2D eigenvalue weighted by atomic mass is 35.5. The zero-order valence-electron chi connectivity index (χ0n) is 15.6. The Labute approximate surface area is 182 Å². The standard InChI is InChI=1S/C19H17Cl2N3O5S/c1-2-30(28,29)12-7-14(23-17(25)9-20)18(26)15(8-12)24-19(27)16-6-10-5-11(21)3-4-13(10)22-16/h3-8,22,26H,2,9H2,1H3,(H,23,25)(H,24,27). The lowest BCUT2D eigenvalue weighted by Gasteiger charge is -2.14. The minimum Gasteiger partial charge on any atom is -0.504 e. The van der Waals surface area contributed by atoms with Crippen molar-refractivity contribution in [2.75, 3.05) is 22.3 Å². The molecular weight excluding hydrogens is 453 g/mol. The second-order valence-corrected chi connectivity index (χ2v) is 9.30. The number of fused-ring (bicyclic) bond motifs is 1. The highest BCUT2D eigenvalue weighted by molar-refractivity contribution is 7.91. The van der Waals surface area contributed by atoms with Gasteiger partial charge in [0, 0.05) is 15.9 Å². The van der Waals surface area contributed by atoms with Gasteiger partial charge in [-0.1, -0.05) is 18.5 Å². The third kappa shape index (κ3) is 4.53. The second-order valence-electron chi connectivity index (χ2n) is 6.32. The van der Waals surface area contributed by atoms with E-state index in [1.54, 1.807) is 24.3 Å². The number of aromatic nitrogens is 1. The van der Waals surface area contributed by atoms with Crippen LogP contribution >= 0.6 is 23.2 Å². The van der Waals surface area contributed by atoms with Gasteiger partial charge in [0.25, 0.3) is 5.91 Å². The summed E-state index contributed by atoms with van der Waals surface area (Å²) < 4.78 is 24.7.